The third-order valence-corrected chi connectivity index (χ3v) is 3.87. The molecule has 0 radical (unpaired) electrons. The summed E-state index contributed by atoms with van der Waals surface area (Å²) in [6, 6.07) is 8.58. The van der Waals surface area contributed by atoms with Gasteiger partial charge in [-0.2, -0.15) is 0 Å². The Bertz CT molecular complexity index is 411. The van der Waals surface area contributed by atoms with E-state index in [4.69, 9.17) is 4.74 Å². The number of ether oxygens (including phenoxy) is 1. The number of fused-ring (bicyclic) bond motifs is 1. The van der Waals surface area contributed by atoms with Crippen molar-refractivity contribution in [2.75, 3.05) is 19.8 Å². The average Bonchev–Trinajstić information content (AvgIpc) is 2.76. The van der Waals surface area contributed by atoms with Gasteiger partial charge in [0, 0.05) is 30.7 Å². The molecule has 19 heavy (non-hydrogen) atoms. The topological polar surface area (TPSA) is 41.5 Å². The van der Waals surface area contributed by atoms with Crippen molar-refractivity contribution in [2.24, 2.45) is 5.41 Å². The van der Waals surface area contributed by atoms with Crippen molar-refractivity contribution in [3.63, 3.8) is 0 Å². The third kappa shape index (κ3) is 3.48. The minimum Gasteiger partial charge on any atom is -0.493 e. The van der Waals surface area contributed by atoms with E-state index in [0.717, 1.165) is 25.3 Å². The molecule has 2 N–H and O–H groups in total. The van der Waals surface area contributed by atoms with Crippen LogP contribution >= 0.6 is 0 Å². The van der Waals surface area contributed by atoms with Crippen molar-refractivity contribution < 1.29 is 9.84 Å². The average molecular weight is 263 g/mol. The number of aliphatic hydroxyl groups is 1. The van der Waals surface area contributed by atoms with Gasteiger partial charge in [-0.25, -0.2) is 0 Å². The van der Waals surface area contributed by atoms with Gasteiger partial charge in [-0.3, -0.25) is 0 Å². The van der Waals surface area contributed by atoms with E-state index in [1.807, 2.05) is 12.1 Å². The standard InChI is InChI=1S/C16H25NO2/c1-16(2,3)15(8-9-18)17-10-12-11-19-14-7-5-4-6-13(12)14/h4-7,12,15,17-18H,8-11H2,1-3H3. The fourth-order valence-electron chi connectivity index (χ4n) is 2.65. The molecule has 0 aliphatic carbocycles. The van der Waals surface area contributed by atoms with Gasteiger partial charge in [0.15, 0.2) is 0 Å². The fraction of sp³-hybridized carbons (Fsp3) is 0.625. The maximum atomic E-state index is 9.19. The molecule has 0 saturated heterocycles. The Morgan fingerprint density at radius 3 is 2.79 bits per heavy atom. The Kier molecular flexibility index (Phi) is 4.48. The third-order valence-electron chi connectivity index (χ3n) is 3.87. The number of rotatable bonds is 5. The zero-order chi connectivity index (χ0) is 13.9. The first-order valence-corrected chi connectivity index (χ1v) is 7.08. The van der Waals surface area contributed by atoms with Crippen LogP contribution in [-0.2, 0) is 0 Å². The summed E-state index contributed by atoms with van der Waals surface area (Å²) < 4.78 is 5.70. The predicted octanol–water partition coefficient (Wildman–Crippen LogP) is 2.55. The number of hydrogen-bond acceptors (Lipinski definition) is 3. The summed E-state index contributed by atoms with van der Waals surface area (Å²) in [5.41, 5.74) is 1.45. The Morgan fingerprint density at radius 2 is 2.11 bits per heavy atom. The molecule has 0 bridgehead atoms. The Labute approximate surface area is 116 Å². The van der Waals surface area contributed by atoms with Crippen LogP contribution in [0.25, 0.3) is 0 Å². The molecule has 3 nitrogen and oxygen atoms in total. The van der Waals surface area contributed by atoms with E-state index in [9.17, 15) is 5.11 Å². The lowest BCUT2D eigenvalue weighted by Gasteiger charge is -2.32. The molecule has 2 rings (SSSR count). The molecule has 106 valence electrons. The molecule has 1 heterocycles. The van der Waals surface area contributed by atoms with Crippen LogP contribution in [0.1, 0.15) is 38.7 Å². The number of aliphatic hydroxyl groups excluding tert-OH is 1. The highest BCUT2D eigenvalue weighted by Gasteiger charge is 2.28. The van der Waals surface area contributed by atoms with Crippen molar-refractivity contribution in [1.82, 2.24) is 5.32 Å². The van der Waals surface area contributed by atoms with Crippen molar-refractivity contribution in [2.45, 2.75) is 39.2 Å². The highest BCUT2D eigenvalue weighted by molar-refractivity contribution is 5.39. The predicted molar refractivity (Wildman–Crippen MR) is 77.6 cm³/mol. The van der Waals surface area contributed by atoms with Crippen molar-refractivity contribution in [1.29, 1.82) is 0 Å². The van der Waals surface area contributed by atoms with Crippen LogP contribution in [0.3, 0.4) is 0 Å². The summed E-state index contributed by atoms with van der Waals surface area (Å²) in [6.07, 6.45) is 0.790. The lowest BCUT2D eigenvalue weighted by atomic mass is 9.84. The molecule has 2 atom stereocenters. The first-order chi connectivity index (χ1) is 9.02. The van der Waals surface area contributed by atoms with Crippen LogP contribution < -0.4 is 10.1 Å². The summed E-state index contributed by atoms with van der Waals surface area (Å²) in [4.78, 5) is 0. The van der Waals surface area contributed by atoms with Crippen LogP contribution in [0.15, 0.2) is 24.3 Å². The van der Waals surface area contributed by atoms with Gasteiger partial charge in [0.1, 0.15) is 5.75 Å². The van der Waals surface area contributed by atoms with Gasteiger partial charge in [-0.1, -0.05) is 39.0 Å². The molecular formula is C16H25NO2. The zero-order valence-corrected chi connectivity index (χ0v) is 12.1. The molecule has 3 heteroatoms. The maximum Gasteiger partial charge on any atom is 0.122 e. The first-order valence-electron chi connectivity index (χ1n) is 7.08. The summed E-state index contributed by atoms with van der Waals surface area (Å²) in [5.74, 6) is 1.43. The molecule has 0 saturated carbocycles. The Morgan fingerprint density at radius 1 is 1.37 bits per heavy atom. The van der Waals surface area contributed by atoms with Gasteiger partial charge in [0.25, 0.3) is 0 Å². The summed E-state index contributed by atoms with van der Waals surface area (Å²) in [5, 5.41) is 12.8. The second kappa shape index (κ2) is 5.93. The molecule has 0 aromatic heterocycles. The molecular weight excluding hydrogens is 238 g/mol. The van der Waals surface area contributed by atoms with Gasteiger partial charge >= 0.3 is 0 Å². The lowest BCUT2D eigenvalue weighted by Crippen LogP contribution is -2.43. The van der Waals surface area contributed by atoms with E-state index in [-0.39, 0.29) is 12.0 Å². The van der Waals surface area contributed by atoms with E-state index in [1.165, 1.54) is 5.56 Å². The van der Waals surface area contributed by atoms with Gasteiger partial charge in [0.05, 0.1) is 6.61 Å². The van der Waals surface area contributed by atoms with E-state index in [1.54, 1.807) is 0 Å². The van der Waals surface area contributed by atoms with E-state index >= 15 is 0 Å². The molecule has 0 amide bonds. The monoisotopic (exact) mass is 263 g/mol. The van der Waals surface area contributed by atoms with Crippen LogP contribution in [0, 0.1) is 5.41 Å². The van der Waals surface area contributed by atoms with Crippen LogP contribution in [0.2, 0.25) is 0 Å². The molecule has 1 aliphatic heterocycles. The molecule has 0 fully saturated rings. The molecule has 0 spiro atoms. The number of para-hydroxylation sites is 1. The molecule has 1 aromatic rings. The van der Waals surface area contributed by atoms with Crippen molar-refractivity contribution >= 4 is 0 Å². The minimum absolute atomic E-state index is 0.154. The highest BCUT2D eigenvalue weighted by atomic mass is 16.5. The summed E-state index contributed by atoms with van der Waals surface area (Å²) >= 11 is 0. The van der Waals surface area contributed by atoms with Gasteiger partial charge in [0.2, 0.25) is 0 Å². The van der Waals surface area contributed by atoms with Crippen molar-refractivity contribution in [3.8, 4) is 5.75 Å². The normalized spacial score (nSPS) is 19.9. The fourth-order valence-corrected chi connectivity index (χ4v) is 2.65. The quantitative estimate of drug-likeness (QED) is 0.858. The summed E-state index contributed by atoms with van der Waals surface area (Å²) in [6.45, 7) is 8.51. The number of hydrogen-bond donors (Lipinski definition) is 2. The van der Waals surface area contributed by atoms with Crippen LogP contribution in [0.5, 0.6) is 5.75 Å². The van der Waals surface area contributed by atoms with Crippen LogP contribution in [0.4, 0.5) is 0 Å². The second-order valence-corrected chi connectivity index (χ2v) is 6.38. The largest absolute Gasteiger partial charge is 0.493 e. The highest BCUT2D eigenvalue weighted by Crippen LogP contribution is 2.33. The van der Waals surface area contributed by atoms with Crippen LogP contribution in [-0.4, -0.2) is 30.9 Å². The van der Waals surface area contributed by atoms with E-state index in [2.05, 4.69) is 38.2 Å². The van der Waals surface area contributed by atoms with E-state index < -0.39 is 0 Å². The smallest absolute Gasteiger partial charge is 0.122 e. The second-order valence-electron chi connectivity index (χ2n) is 6.38. The Balaban J connectivity index is 1.96. The number of benzene rings is 1. The number of nitrogens with one attached hydrogen (secondary N) is 1. The maximum absolute atomic E-state index is 9.19. The minimum atomic E-state index is 0.154. The lowest BCUT2D eigenvalue weighted by molar-refractivity contribution is 0.193. The summed E-state index contributed by atoms with van der Waals surface area (Å²) in [7, 11) is 0. The van der Waals surface area contributed by atoms with Gasteiger partial charge < -0.3 is 15.2 Å². The van der Waals surface area contributed by atoms with Gasteiger partial charge in [-0.05, 0) is 17.9 Å². The first kappa shape index (κ1) is 14.4. The zero-order valence-electron chi connectivity index (χ0n) is 12.1. The SMILES string of the molecule is CC(C)(C)C(CCO)NCC1COc2ccccc21. The van der Waals surface area contributed by atoms with Crippen molar-refractivity contribution in [3.05, 3.63) is 29.8 Å². The molecule has 1 aliphatic rings. The van der Waals surface area contributed by atoms with E-state index in [0.29, 0.717) is 12.0 Å². The Hall–Kier alpha value is -1.06. The molecule has 2 unspecified atom stereocenters. The molecule has 1 aromatic carbocycles. The van der Waals surface area contributed by atoms with Gasteiger partial charge in [-0.15, -0.1) is 0 Å².